The average molecular weight is 368 g/mol. The van der Waals surface area contributed by atoms with Crippen LogP contribution >= 0.6 is 0 Å². The third-order valence-electron chi connectivity index (χ3n) is 4.18. The first-order valence-electron chi connectivity index (χ1n) is 7.75. The van der Waals surface area contributed by atoms with Gasteiger partial charge in [-0.1, -0.05) is 0 Å². The Balaban J connectivity index is 2.42. The molecule has 1 heterocycles. The summed E-state index contributed by atoms with van der Waals surface area (Å²) in [6.45, 7) is 2.81. The topological polar surface area (TPSA) is 117 Å². The molecule has 0 bridgehead atoms. The Hall–Kier alpha value is -2.22. The summed E-state index contributed by atoms with van der Waals surface area (Å²) in [6, 6.07) is 5.63. The Morgan fingerprint density at radius 3 is 2.64 bits per heavy atom. The minimum Gasteiger partial charge on any atom is -0.379 e. The Labute approximate surface area is 146 Å². The molecule has 0 unspecified atom stereocenters. The lowest BCUT2D eigenvalue weighted by molar-refractivity contribution is -0.384. The van der Waals surface area contributed by atoms with Crippen molar-refractivity contribution in [2.24, 2.45) is 0 Å². The van der Waals surface area contributed by atoms with Crippen LogP contribution in [0, 0.1) is 21.4 Å². The lowest BCUT2D eigenvalue weighted by atomic mass is 10.2. The van der Waals surface area contributed by atoms with Gasteiger partial charge in [-0.05, 0) is 19.1 Å². The molecule has 136 valence electrons. The molecule has 0 amide bonds. The highest BCUT2D eigenvalue weighted by atomic mass is 32.2. The summed E-state index contributed by atoms with van der Waals surface area (Å²) < 4.78 is 31.7. The number of rotatable bonds is 6. The van der Waals surface area contributed by atoms with E-state index in [1.54, 1.807) is 18.9 Å². The highest BCUT2D eigenvalue weighted by Crippen LogP contribution is 2.32. The summed E-state index contributed by atoms with van der Waals surface area (Å²) in [5, 5.41) is 20.2. The van der Waals surface area contributed by atoms with Gasteiger partial charge in [0.1, 0.15) is 5.69 Å². The lowest BCUT2D eigenvalue weighted by Crippen LogP contribution is -2.40. The Morgan fingerprint density at radius 1 is 1.44 bits per heavy atom. The van der Waals surface area contributed by atoms with Crippen molar-refractivity contribution in [1.82, 2.24) is 4.31 Å². The average Bonchev–Trinajstić information content (AvgIpc) is 2.61. The minimum atomic E-state index is -3.81. The molecule has 0 aliphatic carbocycles. The Bertz CT molecular complexity index is 784. The Kier molecular flexibility index (Phi) is 5.94. The normalized spacial score (nSPS) is 16.8. The van der Waals surface area contributed by atoms with Crippen molar-refractivity contribution in [2.75, 3.05) is 38.3 Å². The zero-order chi connectivity index (χ0) is 18.6. The fourth-order valence-corrected chi connectivity index (χ4v) is 3.98. The standard InChI is InChI=1S/C15H20N4O5S/c1-12(5-6-16)17(2)14-4-3-13(11-15(14)19(20)21)25(22,23)18-7-9-24-10-8-18/h3-4,11-12H,5,7-10H2,1-2H3/t12-/m0/s1. The van der Waals surface area contributed by atoms with Crippen molar-refractivity contribution in [1.29, 1.82) is 5.26 Å². The highest BCUT2D eigenvalue weighted by Gasteiger charge is 2.30. The first kappa shape index (κ1) is 19.1. The van der Waals surface area contributed by atoms with Crippen LogP contribution in [0.5, 0.6) is 0 Å². The van der Waals surface area contributed by atoms with Gasteiger partial charge in [0.25, 0.3) is 5.69 Å². The number of ether oxygens (including phenoxy) is 1. The molecule has 1 fully saturated rings. The number of hydrogen-bond acceptors (Lipinski definition) is 7. The van der Waals surface area contributed by atoms with Gasteiger partial charge >= 0.3 is 0 Å². The molecule has 1 aliphatic rings. The van der Waals surface area contributed by atoms with E-state index >= 15 is 0 Å². The van der Waals surface area contributed by atoms with Crippen LogP contribution in [0.25, 0.3) is 0 Å². The summed E-state index contributed by atoms with van der Waals surface area (Å²) in [5.74, 6) is 0. The smallest absolute Gasteiger partial charge is 0.293 e. The summed E-state index contributed by atoms with van der Waals surface area (Å²) >= 11 is 0. The lowest BCUT2D eigenvalue weighted by Gasteiger charge is -2.27. The van der Waals surface area contributed by atoms with E-state index in [4.69, 9.17) is 10.00 Å². The predicted octanol–water partition coefficient (Wildman–Crippen LogP) is 1.35. The van der Waals surface area contributed by atoms with Gasteiger partial charge in [-0.15, -0.1) is 0 Å². The zero-order valence-corrected chi connectivity index (χ0v) is 14.9. The molecule has 0 saturated carbocycles. The van der Waals surface area contributed by atoms with Crippen molar-refractivity contribution >= 4 is 21.4 Å². The van der Waals surface area contributed by atoms with Gasteiger partial charge in [-0.25, -0.2) is 8.42 Å². The van der Waals surface area contributed by atoms with Crippen LogP contribution in [0.1, 0.15) is 13.3 Å². The quantitative estimate of drug-likeness (QED) is 0.549. The molecule has 1 atom stereocenters. The molecule has 9 nitrogen and oxygen atoms in total. The fraction of sp³-hybridized carbons (Fsp3) is 0.533. The van der Waals surface area contributed by atoms with E-state index in [9.17, 15) is 18.5 Å². The van der Waals surface area contributed by atoms with Crippen molar-refractivity contribution in [2.45, 2.75) is 24.3 Å². The fourth-order valence-electron chi connectivity index (χ4n) is 2.55. The van der Waals surface area contributed by atoms with E-state index < -0.39 is 14.9 Å². The number of hydrogen-bond donors (Lipinski definition) is 0. The predicted molar refractivity (Wildman–Crippen MR) is 90.8 cm³/mol. The largest absolute Gasteiger partial charge is 0.379 e. The SMILES string of the molecule is C[C@@H](CC#N)N(C)c1ccc(S(=O)(=O)N2CCOCC2)cc1[N+](=O)[O-]. The van der Waals surface area contributed by atoms with E-state index in [0.29, 0.717) is 13.2 Å². The van der Waals surface area contributed by atoms with E-state index in [2.05, 4.69) is 0 Å². The number of benzene rings is 1. The van der Waals surface area contributed by atoms with Crippen molar-refractivity contribution < 1.29 is 18.1 Å². The van der Waals surface area contributed by atoms with Crippen LogP contribution in [0.4, 0.5) is 11.4 Å². The van der Waals surface area contributed by atoms with Crippen LogP contribution in [0.15, 0.2) is 23.1 Å². The van der Waals surface area contributed by atoms with Crippen molar-refractivity contribution in [3.63, 3.8) is 0 Å². The zero-order valence-electron chi connectivity index (χ0n) is 14.1. The maximum atomic E-state index is 12.7. The number of morpholine rings is 1. The molecule has 0 aromatic heterocycles. The van der Waals surface area contributed by atoms with Gasteiger partial charge in [-0.2, -0.15) is 9.57 Å². The van der Waals surface area contributed by atoms with Crippen molar-refractivity contribution in [3.8, 4) is 6.07 Å². The number of nitro groups is 1. The van der Waals surface area contributed by atoms with Gasteiger partial charge < -0.3 is 9.64 Å². The highest BCUT2D eigenvalue weighted by molar-refractivity contribution is 7.89. The summed E-state index contributed by atoms with van der Waals surface area (Å²) in [6.07, 6.45) is 0.196. The van der Waals surface area contributed by atoms with Crippen molar-refractivity contribution in [3.05, 3.63) is 28.3 Å². The van der Waals surface area contributed by atoms with Gasteiger partial charge in [0.05, 0.1) is 35.5 Å². The number of anilines is 1. The van der Waals surface area contributed by atoms with Gasteiger partial charge in [0.2, 0.25) is 10.0 Å². The molecule has 1 saturated heterocycles. The van der Waals surface area contributed by atoms with Gasteiger partial charge in [0, 0.05) is 32.2 Å². The summed E-state index contributed by atoms with van der Waals surface area (Å²) in [5.41, 5.74) is -0.0321. The summed E-state index contributed by atoms with van der Waals surface area (Å²) in [7, 11) is -2.17. The number of nitriles is 1. The van der Waals surface area contributed by atoms with E-state index in [0.717, 1.165) is 6.07 Å². The molecule has 10 heteroatoms. The first-order valence-corrected chi connectivity index (χ1v) is 9.19. The van der Waals surface area contributed by atoms with Gasteiger partial charge in [0.15, 0.2) is 0 Å². The van der Waals surface area contributed by atoms with E-state index in [1.807, 2.05) is 6.07 Å². The molecule has 0 radical (unpaired) electrons. The second-order valence-corrected chi connectivity index (χ2v) is 7.68. The molecule has 1 aliphatic heterocycles. The van der Waals surface area contributed by atoms with Crippen LogP contribution in [0.2, 0.25) is 0 Å². The molecule has 25 heavy (non-hydrogen) atoms. The molecular formula is C15H20N4O5S. The molecule has 0 N–H and O–H groups in total. The van der Waals surface area contributed by atoms with E-state index in [-0.39, 0.29) is 41.8 Å². The number of nitrogens with zero attached hydrogens (tertiary/aromatic N) is 4. The molecule has 2 rings (SSSR count). The van der Waals surface area contributed by atoms with Gasteiger partial charge in [-0.3, -0.25) is 10.1 Å². The minimum absolute atomic E-state index is 0.119. The third kappa shape index (κ3) is 4.07. The monoisotopic (exact) mass is 368 g/mol. The second kappa shape index (κ2) is 7.77. The molecular weight excluding hydrogens is 348 g/mol. The second-order valence-electron chi connectivity index (χ2n) is 5.75. The number of nitro benzene ring substituents is 1. The first-order chi connectivity index (χ1) is 11.8. The molecule has 0 spiro atoms. The van der Waals surface area contributed by atoms with Crippen LogP contribution in [-0.2, 0) is 14.8 Å². The van der Waals surface area contributed by atoms with Crippen LogP contribution < -0.4 is 4.90 Å². The summed E-state index contributed by atoms with van der Waals surface area (Å²) in [4.78, 5) is 12.3. The molecule has 1 aromatic rings. The number of sulfonamides is 1. The van der Waals surface area contributed by atoms with Crippen LogP contribution in [-0.4, -0.2) is 57.0 Å². The maximum absolute atomic E-state index is 12.7. The maximum Gasteiger partial charge on any atom is 0.293 e. The van der Waals surface area contributed by atoms with E-state index in [1.165, 1.54) is 16.4 Å². The molecule has 1 aromatic carbocycles. The third-order valence-corrected chi connectivity index (χ3v) is 6.07. The van der Waals surface area contributed by atoms with Crippen LogP contribution in [0.3, 0.4) is 0 Å². The Morgan fingerprint density at radius 2 is 2.08 bits per heavy atom.